The van der Waals surface area contributed by atoms with Gasteiger partial charge in [-0.25, -0.2) is 0 Å². The van der Waals surface area contributed by atoms with Crippen LogP contribution in [0.5, 0.6) is 11.5 Å². The van der Waals surface area contributed by atoms with Gasteiger partial charge in [-0.2, -0.15) is 0 Å². The molecule has 4 rings (SSSR count). The third-order valence-corrected chi connectivity index (χ3v) is 5.58. The van der Waals surface area contributed by atoms with Crippen molar-refractivity contribution in [1.82, 2.24) is 0 Å². The Bertz CT molecular complexity index is 1130. The van der Waals surface area contributed by atoms with Crippen molar-refractivity contribution in [3.8, 4) is 22.8 Å². The molecule has 0 unspecified atom stereocenters. The maximum atomic E-state index is 6.28. The number of halogens is 3. The summed E-state index contributed by atoms with van der Waals surface area (Å²) >= 11 is 15.8. The Morgan fingerprint density at radius 3 is 2.48 bits per heavy atom. The van der Waals surface area contributed by atoms with Crippen LogP contribution in [0.4, 0.5) is 5.69 Å². The molecule has 0 bridgehead atoms. The van der Waals surface area contributed by atoms with Crippen LogP contribution in [0.1, 0.15) is 5.76 Å². The van der Waals surface area contributed by atoms with Gasteiger partial charge in [0.1, 0.15) is 23.0 Å². The number of nitrogens with one attached hydrogen (secondary N) is 1. The summed E-state index contributed by atoms with van der Waals surface area (Å²) in [5.74, 6) is 3.00. The molecule has 0 atom stereocenters. The fraction of sp³-hybridized carbons (Fsp3) is 0.0435. The summed E-state index contributed by atoms with van der Waals surface area (Å²) in [5, 5.41) is 4.34. The summed E-state index contributed by atoms with van der Waals surface area (Å²) in [7, 11) is 0. The van der Waals surface area contributed by atoms with Crippen LogP contribution in [-0.4, -0.2) is 0 Å². The van der Waals surface area contributed by atoms with Crippen LogP contribution in [0.15, 0.2) is 87.8 Å². The smallest absolute Gasteiger partial charge is 0.135 e. The number of anilines is 1. The maximum Gasteiger partial charge on any atom is 0.135 e. The molecule has 0 radical (unpaired) electrons. The van der Waals surface area contributed by atoms with Crippen LogP contribution in [0.3, 0.4) is 0 Å². The van der Waals surface area contributed by atoms with Gasteiger partial charge in [0.2, 0.25) is 0 Å². The minimum Gasteiger partial charge on any atom is -0.459 e. The van der Waals surface area contributed by atoms with Crippen LogP contribution in [0, 0.1) is 0 Å². The summed E-state index contributed by atoms with van der Waals surface area (Å²) in [4.78, 5) is 0. The average Bonchev–Trinajstić information content (AvgIpc) is 3.19. The first-order valence-electron chi connectivity index (χ1n) is 8.89. The van der Waals surface area contributed by atoms with Gasteiger partial charge in [-0.3, -0.25) is 0 Å². The lowest BCUT2D eigenvalue weighted by Gasteiger charge is -2.09. The molecule has 146 valence electrons. The monoisotopic (exact) mass is 487 g/mol. The van der Waals surface area contributed by atoms with E-state index in [1.807, 2.05) is 72.8 Å². The number of benzene rings is 3. The molecule has 0 saturated carbocycles. The summed E-state index contributed by atoms with van der Waals surface area (Å²) in [5.41, 5.74) is 1.70. The van der Waals surface area contributed by atoms with Gasteiger partial charge in [-0.15, -0.1) is 0 Å². The summed E-state index contributed by atoms with van der Waals surface area (Å²) in [6.07, 6.45) is 0. The zero-order valence-electron chi connectivity index (χ0n) is 15.2. The quantitative estimate of drug-likeness (QED) is 0.295. The summed E-state index contributed by atoms with van der Waals surface area (Å²) in [6.45, 7) is 0.528. The van der Waals surface area contributed by atoms with Gasteiger partial charge < -0.3 is 14.5 Å². The molecule has 4 aromatic rings. The van der Waals surface area contributed by atoms with E-state index in [1.54, 1.807) is 6.07 Å². The predicted octanol–water partition coefficient (Wildman–Crippen LogP) is 8.42. The lowest BCUT2D eigenvalue weighted by Crippen LogP contribution is -1.98. The van der Waals surface area contributed by atoms with Crippen LogP contribution >= 0.6 is 39.1 Å². The van der Waals surface area contributed by atoms with E-state index in [2.05, 4.69) is 21.2 Å². The van der Waals surface area contributed by atoms with Crippen LogP contribution in [0.25, 0.3) is 11.3 Å². The fourth-order valence-corrected chi connectivity index (χ4v) is 3.47. The van der Waals surface area contributed by atoms with Gasteiger partial charge in [-0.05, 0) is 60.7 Å². The Labute approximate surface area is 187 Å². The van der Waals surface area contributed by atoms with Crippen LogP contribution < -0.4 is 10.1 Å². The van der Waals surface area contributed by atoms with Gasteiger partial charge in [0.25, 0.3) is 0 Å². The number of hydrogen-bond acceptors (Lipinski definition) is 3. The molecule has 0 aliphatic heterocycles. The molecule has 6 heteroatoms. The first-order valence-corrected chi connectivity index (χ1v) is 10.4. The Morgan fingerprint density at radius 2 is 1.66 bits per heavy atom. The van der Waals surface area contributed by atoms with Crippen molar-refractivity contribution in [3.05, 3.63) is 99.1 Å². The molecule has 3 aromatic carbocycles. The van der Waals surface area contributed by atoms with E-state index in [1.165, 1.54) is 0 Å². The first-order chi connectivity index (χ1) is 14.1. The van der Waals surface area contributed by atoms with E-state index in [9.17, 15) is 0 Å². The van der Waals surface area contributed by atoms with Gasteiger partial charge in [0, 0.05) is 21.8 Å². The second kappa shape index (κ2) is 8.95. The van der Waals surface area contributed by atoms with Crippen LogP contribution in [0.2, 0.25) is 10.0 Å². The Balaban J connectivity index is 1.42. The Morgan fingerprint density at radius 1 is 0.862 bits per heavy atom. The van der Waals surface area contributed by atoms with Gasteiger partial charge in [0.15, 0.2) is 0 Å². The third-order valence-electron chi connectivity index (χ3n) is 4.23. The van der Waals surface area contributed by atoms with Crippen molar-refractivity contribution < 1.29 is 9.15 Å². The molecule has 1 aromatic heterocycles. The molecule has 0 aliphatic carbocycles. The van der Waals surface area contributed by atoms with Crippen molar-refractivity contribution in [3.63, 3.8) is 0 Å². The number of ether oxygens (including phenoxy) is 1. The average molecular weight is 489 g/mol. The number of hydrogen-bond donors (Lipinski definition) is 1. The van der Waals surface area contributed by atoms with E-state index >= 15 is 0 Å². The third kappa shape index (κ3) is 4.96. The summed E-state index contributed by atoms with van der Waals surface area (Å²) in [6, 6.07) is 24.8. The fourth-order valence-electron chi connectivity index (χ4n) is 2.81. The SMILES string of the molecule is Clc1cccc(-c2ccc(CNc3cccc(Oc4ccc(Br)cc4)c3)o2)c1Cl. The molecule has 29 heavy (non-hydrogen) atoms. The Kier molecular flexibility index (Phi) is 6.14. The van der Waals surface area contributed by atoms with Crippen molar-refractivity contribution >= 4 is 44.8 Å². The van der Waals surface area contributed by atoms with Gasteiger partial charge in [0.05, 0.1) is 16.6 Å². The predicted molar refractivity (Wildman–Crippen MR) is 122 cm³/mol. The molecular weight excluding hydrogens is 473 g/mol. The van der Waals surface area contributed by atoms with E-state index < -0.39 is 0 Å². The second-order valence-electron chi connectivity index (χ2n) is 6.30. The molecule has 0 saturated heterocycles. The van der Waals surface area contributed by atoms with Crippen molar-refractivity contribution in [2.45, 2.75) is 6.54 Å². The van der Waals surface area contributed by atoms with E-state index in [0.29, 0.717) is 22.4 Å². The van der Waals surface area contributed by atoms with E-state index in [0.717, 1.165) is 33.0 Å². The highest BCUT2D eigenvalue weighted by atomic mass is 79.9. The highest BCUT2D eigenvalue weighted by Crippen LogP contribution is 2.34. The molecule has 0 aliphatic rings. The Hall–Kier alpha value is -2.40. The van der Waals surface area contributed by atoms with E-state index in [-0.39, 0.29) is 0 Å². The standard InChI is InChI=1S/C23H16BrCl2NO2/c24-15-7-9-17(10-8-15)28-18-4-1-3-16(13-18)27-14-19-11-12-22(29-19)20-5-2-6-21(25)23(20)26/h1-13,27H,14H2. The minimum atomic E-state index is 0.487. The normalized spacial score (nSPS) is 10.7. The van der Waals surface area contributed by atoms with Gasteiger partial charge in [-0.1, -0.05) is 51.3 Å². The number of furan rings is 1. The van der Waals surface area contributed by atoms with Crippen molar-refractivity contribution in [1.29, 1.82) is 0 Å². The summed E-state index contributed by atoms with van der Waals surface area (Å²) < 4.78 is 12.8. The minimum absolute atomic E-state index is 0.487. The molecule has 0 spiro atoms. The first kappa shape index (κ1) is 19.9. The molecule has 0 fully saturated rings. The topological polar surface area (TPSA) is 34.4 Å². The maximum absolute atomic E-state index is 6.28. The molecule has 1 heterocycles. The lowest BCUT2D eigenvalue weighted by atomic mass is 10.2. The lowest BCUT2D eigenvalue weighted by molar-refractivity contribution is 0.482. The highest BCUT2D eigenvalue weighted by molar-refractivity contribution is 9.10. The molecule has 0 amide bonds. The number of rotatable bonds is 6. The van der Waals surface area contributed by atoms with Crippen molar-refractivity contribution in [2.24, 2.45) is 0 Å². The van der Waals surface area contributed by atoms with Gasteiger partial charge >= 0.3 is 0 Å². The largest absolute Gasteiger partial charge is 0.459 e. The van der Waals surface area contributed by atoms with Crippen LogP contribution in [-0.2, 0) is 6.54 Å². The molecule has 1 N–H and O–H groups in total. The van der Waals surface area contributed by atoms with E-state index in [4.69, 9.17) is 32.4 Å². The second-order valence-corrected chi connectivity index (χ2v) is 8.01. The zero-order valence-corrected chi connectivity index (χ0v) is 18.3. The van der Waals surface area contributed by atoms with Crippen molar-refractivity contribution in [2.75, 3.05) is 5.32 Å². The highest BCUT2D eigenvalue weighted by Gasteiger charge is 2.11. The zero-order chi connectivity index (χ0) is 20.2. The molecule has 3 nitrogen and oxygen atoms in total. The molecular formula is C23H16BrCl2NO2.